The molecule has 166 valence electrons. The highest BCUT2D eigenvalue weighted by Gasteiger charge is 2.24. The Hall–Kier alpha value is -2.02. The van der Waals surface area contributed by atoms with E-state index in [1.165, 1.54) is 0 Å². The lowest BCUT2D eigenvalue weighted by molar-refractivity contribution is -0.122. The summed E-state index contributed by atoms with van der Waals surface area (Å²) in [6, 6.07) is 8.29. The molecule has 2 aromatic rings. The topological polar surface area (TPSA) is 76.1 Å². The molecule has 2 aliphatic rings. The monoisotopic (exact) mass is 442 g/mol. The summed E-state index contributed by atoms with van der Waals surface area (Å²) < 4.78 is 5.43. The first-order valence-corrected chi connectivity index (χ1v) is 11.7. The Morgan fingerprint density at radius 1 is 1.26 bits per heavy atom. The van der Waals surface area contributed by atoms with Crippen LogP contribution in [0.3, 0.4) is 0 Å². The van der Waals surface area contributed by atoms with Crippen molar-refractivity contribution in [2.24, 2.45) is 11.8 Å². The number of pyridine rings is 2. The molecule has 31 heavy (non-hydrogen) atoms. The fraction of sp³-hybridized carbons (Fsp3) is 0.542. The van der Waals surface area contributed by atoms with Crippen molar-refractivity contribution in [3.8, 4) is 11.3 Å². The number of nitrogens with one attached hydrogen (secondary N) is 2. The molecule has 2 aromatic heterocycles. The van der Waals surface area contributed by atoms with Gasteiger partial charge in [0.1, 0.15) is 11.6 Å². The first-order valence-electron chi connectivity index (χ1n) is 11.3. The van der Waals surface area contributed by atoms with E-state index in [0.29, 0.717) is 23.4 Å². The average molecular weight is 443 g/mol. The van der Waals surface area contributed by atoms with Gasteiger partial charge in [-0.1, -0.05) is 17.7 Å². The second kappa shape index (κ2) is 10.5. The fourth-order valence-electron chi connectivity index (χ4n) is 4.25. The van der Waals surface area contributed by atoms with Gasteiger partial charge in [-0.25, -0.2) is 4.98 Å². The summed E-state index contributed by atoms with van der Waals surface area (Å²) in [5.41, 5.74) is 2.33. The minimum atomic E-state index is 0.0629. The lowest BCUT2D eigenvalue weighted by atomic mass is 9.90. The van der Waals surface area contributed by atoms with E-state index in [4.69, 9.17) is 21.3 Å². The lowest BCUT2D eigenvalue weighted by Gasteiger charge is -2.26. The third-order valence-corrected chi connectivity index (χ3v) is 6.62. The molecule has 0 unspecified atom stereocenters. The summed E-state index contributed by atoms with van der Waals surface area (Å²) >= 11 is 6.45. The van der Waals surface area contributed by atoms with E-state index in [2.05, 4.69) is 22.5 Å². The second-order valence-corrected chi connectivity index (χ2v) is 9.13. The molecule has 0 saturated carbocycles. The molecule has 0 aromatic carbocycles. The van der Waals surface area contributed by atoms with Gasteiger partial charge in [0.05, 0.1) is 10.7 Å². The smallest absolute Gasteiger partial charge is 0.143 e. The van der Waals surface area contributed by atoms with Gasteiger partial charge >= 0.3 is 0 Å². The van der Waals surface area contributed by atoms with Crippen LogP contribution in [0.25, 0.3) is 11.3 Å². The molecule has 4 rings (SSSR count). The van der Waals surface area contributed by atoms with Crippen molar-refractivity contribution in [1.82, 2.24) is 15.3 Å². The Morgan fingerprint density at radius 2 is 2.10 bits per heavy atom. The Morgan fingerprint density at radius 3 is 2.87 bits per heavy atom. The number of halogens is 1. The Balaban J connectivity index is 1.43. The number of ketones is 1. The number of Topliss-reactive ketones (excluding diaryl/α,β-unsaturated/α-hetero) is 1. The van der Waals surface area contributed by atoms with Gasteiger partial charge in [0.25, 0.3) is 0 Å². The number of aromatic nitrogens is 2. The zero-order valence-electron chi connectivity index (χ0n) is 18.1. The maximum absolute atomic E-state index is 12.7. The molecule has 0 radical (unpaired) electrons. The molecule has 0 bridgehead atoms. The van der Waals surface area contributed by atoms with Crippen LogP contribution >= 0.6 is 11.6 Å². The predicted octanol–water partition coefficient (Wildman–Crippen LogP) is 4.14. The molecular weight excluding hydrogens is 412 g/mol. The van der Waals surface area contributed by atoms with Crippen LogP contribution in [0.5, 0.6) is 0 Å². The highest BCUT2D eigenvalue weighted by molar-refractivity contribution is 6.33. The van der Waals surface area contributed by atoms with Crippen LogP contribution < -0.4 is 10.6 Å². The Bertz CT molecular complexity index is 893. The molecule has 4 heterocycles. The van der Waals surface area contributed by atoms with Crippen LogP contribution in [-0.4, -0.2) is 48.1 Å². The summed E-state index contributed by atoms with van der Waals surface area (Å²) in [6.07, 6.45) is 6.09. The Kier molecular flexibility index (Phi) is 7.54. The molecular formula is C24H31ClN4O2. The van der Waals surface area contributed by atoms with E-state index in [-0.39, 0.29) is 11.7 Å². The van der Waals surface area contributed by atoms with Crippen molar-refractivity contribution in [1.29, 1.82) is 0 Å². The molecule has 2 aliphatic heterocycles. The first kappa shape index (κ1) is 22.2. The number of carbonyl (C=O) groups excluding carboxylic acids is 1. The van der Waals surface area contributed by atoms with Gasteiger partial charge in [-0.15, -0.1) is 0 Å². The number of nitrogens with zero attached hydrogens (tertiary/aromatic N) is 2. The van der Waals surface area contributed by atoms with Crippen molar-refractivity contribution in [2.45, 2.75) is 45.1 Å². The zero-order valence-corrected chi connectivity index (χ0v) is 18.8. The van der Waals surface area contributed by atoms with Crippen LogP contribution in [-0.2, 0) is 16.0 Å². The van der Waals surface area contributed by atoms with Crippen molar-refractivity contribution >= 4 is 23.2 Å². The van der Waals surface area contributed by atoms with Crippen molar-refractivity contribution in [2.75, 3.05) is 31.6 Å². The predicted molar refractivity (Wildman–Crippen MR) is 123 cm³/mol. The zero-order chi connectivity index (χ0) is 21.6. The molecule has 0 spiro atoms. The van der Waals surface area contributed by atoms with E-state index in [1.807, 2.05) is 24.3 Å². The maximum Gasteiger partial charge on any atom is 0.143 e. The molecule has 2 fully saturated rings. The largest absolute Gasteiger partial charge is 0.381 e. The molecule has 2 N–H and O–H groups in total. The molecule has 7 heteroatoms. The van der Waals surface area contributed by atoms with E-state index < -0.39 is 0 Å². The van der Waals surface area contributed by atoms with Crippen LogP contribution in [0.1, 0.15) is 38.3 Å². The first-order chi connectivity index (χ1) is 15.1. The van der Waals surface area contributed by atoms with E-state index >= 15 is 0 Å². The van der Waals surface area contributed by atoms with Gasteiger partial charge < -0.3 is 15.4 Å². The normalized spacial score (nSPS) is 22.3. The Labute approximate surface area is 189 Å². The highest BCUT2D eigenvalue weighted by Crippen LogP contribution is 2.28. The summed E-state index contributed by atoms with van der Waals surface area (Å²) in [4.78, 5) is 21.9. The summed E-state index contributed by atoms with van der Waals surface area (Å²) in [6.45, 7) is 5.47. The van der Waals surface area contributed by atoms with Crippen LogP contribution in [0.15, 0.2) is 30.5 Å². The standard InChI is InChI=1S/C24H31ClN4O2/c1-16-5-6-18(14-26-16)23(30)12-19-11-20(21(25)15-27-19)22-3-2-4-24(29-22)28-13-17-7-9-31-10-8-17/h2-4,11,15-18,26H,5-10,12-14H2,1H3,(H,28,29)/t16-,18+/m1/s1. The van der Waals surface area contributed by atoms with E-state index in [1.54, 1.807) is 6.20 Å². The maximum atomic E-state index is 12.7. The van der Waals surface area contributed by atoms with E-state index in [9.17, 15) is 4.79 Å². The average Bonchev–Trinajstić information content (AvgIpc) is 2.80. The van der Waals surface area contributed by atoms with Crippen molar-refractivity contribution in [3.05, 3.63) is 41.2 Å². The molecule has 2 saturated heterocycles. The van der Waals surface area contributed by atoms with E-state index in [0.717, 1.165) is 74.8 Å². The number of hydrogen-bond acceptors (Lipinski definition) is 6. The summed E-state index contributed by atoms with van der Waals surface area (Å²) in [5.74, 6) is 1.74. The number of anilines is 1. The second-order valence-electron chi connectivity index (χ2n) is 8.73. The molecule has 2 atom stereocenters. The van der Waals surface area contributed by atoms with Gasteiger partial charge in [-0.05, 0) is 56.7 Å². The van der Waals surface area contributed by atoms with Crippen LogP contribution in [0.2, 0.25) is 5.02 Å². The lowest BCUT2D eigenvalue weighted by Crippen LogP contribution is -2.40. The van der Waals surface area contributed by atoms with Crippen molar-refractivity contribution in [3.63, 3.8) is 0 Å². The molecule has 0 aliphatic carbocycles. The number of piperidine rings is 1. The van der Waals surface area contributed by atoms with Gasteiger partial charge in [0, 0.05) is 62.1 Å². The van der Waals surface area contributed by atoms with Crippen molar-refractivity contribution < 1.29 is 9.53 Å². The molecule has 0 amide bonds. The highest BCUT2D eigenvalue weighted by atomic mass is 35.5. The summed E-state index contributed by atoms with van der Waals surface area (Å²) in [5, 5.41) is 7.39. The molecule has 6 nitrogen and oxygen atoms in total. The SMILES string of the molecule is C[C@@H]1CC[C@H](C(=O)Cc2cc(-c3cccc(NCC4CCOCC4)n3)c(Cl)cn2)CN1. The van der Waals surface area contributed by atoms with Gasteiger partial charge in [-0.2, -0.15) is 0 Å². The summed E-state index contributed by atoms with van der Waals surface area (Å²) in [7, 11) is 0. The number of ether oxygens (including phenoxy) is 1. The third kappa shape index (κ3) is 6.03. The number of hydrogen-bond donors (Lipinski definition) is 2. The minimum Gasteiger partial charge on any atom is -0.381 e. The van der Waals surface area contributed by atoms with Gasteiger partial charge in [0.15, 0.2) is 0 Å². The quantitative estimate of drug-likeness (QED) is 0.671. The third-order valence-electron chi connectivity index (χ3n) is 6.32. The van der Waals surface area contributed by atoms with Gasteiger partial charge in [0.2, 0.25) is 0 Å². The number of carbonyl (C=O) groups is 1. The fourth-order valence-corrected chi connectivity index (χ4v) is 4.45. The van der Waals surface area contributed by atoms with Gasteiger partial charge in [-0.3, -0.25) is 9.78 Å². The minimum absolute atomic E-state index is 0.0629. The van der Waals surface area contributed by atoms with Crippen LogP contribution in [0.4, 0.5) is 5.82 Å². The number of rotatable bonds is 7. The van der Waals surface area contributed by atoms with Crippen LogP contribution in [0, 0.1) is 11.8 Å².